The van der Waals surface area contributed by atoms with Gasteiger partial charge in [0.1, 0.15) is 0 Å². The number of aliphatic hydroxyl groups excluding tert-OH is 1. The van der Waals surface area contributed by atoms with Crippen LogP contribution >= 0.6 is 0 Å². The van der Waals surface area contributed by atoms with Gasteiger partial charge >= 0.3 is 0 Å². The first kappa shape index (κ1) is 4.69. The number of rotatable bonds is 1. The molecule has 2 heteroatoms. The summed E-state index contributed by atoms with van der Waals surface area (Å²) >= 11 is 0. The van der Waals surface area contributed by atoms with E-state index < -0.39 is 0 Å². The molecule has 2 aliphatic carbocycles. The van der Waals surface area contributed by atoms with Crippen molar-refractivity contribution >= 4 is 0 Å². The van der Waals surface area contributed by atoms with Gasteiger partial charge in [0, 0.05) is 5.41 Å². The molecule has 4 atom stereocenters. The normalized spacial score (nSPS) is 67.0. The zero-order valence-corrected chi connectivity index (χ0v) is 5.21. The Morgan fingerprint density at radius 3 is 2.78 bits per heavy atom. The van der Waals surface area contributed by atoms with E-state index in [0.29, 0.717) is 18.8 Å². The molecule has 0 spiro atoms. The summed E-state index contributed by atoms with van der Waals surface area (Å²) in [5.41, 5.74) is 0.269. The van der Waals surface area contributed by atoms with E-state index in [1.807, 2.05) is 0 Å². The molecule has 4 fully saturated rings. The van der Waals surface area contributed by atoms with Gasteiger partial charge < -0.3 is 9.84 Å². The highest BCUT2D eigenvalue weighted by Gasteiger charge is 2.76. The van der Waals surface area contributed by atoms with Crippen LogP contribution in [0.5, 0.6) is 0 Å². The van der Waals surface area contributed by atoms with E-state index >= 15 is 0 Å². The molecule has 2 heterocycles. The first-order valence-corrected chi connectivity index (χ1v) is 3.63. The molecular weight excluding hydrogens is 116 g/mol. The second-order valence-corrected chi connectivity index (χ2v) is 3.62. The average Bonchev–Trinajstić information content (AvgIpc) is 2.44. The summed E-state index contributed by atoms with van der Waals surface area (Å²) in [6.07, 6.45) is 3.35. The van der Waals surface area contributed by atoms with Crippen molar-refractivity contribution in [3.8, 4) is 0 Å². The lowest BCUT2D eigenvalue weighted by Gasteiger charge is -2.00. The van der Waals surface area contributed by atoms with E-state index in [1.165, 1.54) is 6.42 Å². The highest BCUT2D eigenvalue weighted by Crippen LogP contribution is 2.71. The maximum Gasteiger partial charge on any atom is 0.0697 e. The fourth-order valence-corrected chi connectivity index (χ4v) is 2.77. The minimum Gasteiger partial charge on any atom is -0.396 e. The van der Waals surface area contributed by atoms with Crippen LogP contribution in [-0.4, -0.2) is 23.9 Å². The minimum absolute atomic E-state index is 0.269. The van der Waals surface area contributed by atoms with Crippen molar-refractivity contribution in [1.82, 2.24) is 0 Å². The van der Waals surface area contributed by atoms with Crippen molar-refractivity contribution in [2.24, 2.45) is 11.3 Å². The molecule has 4 unspecified atom stereocenters. The molecular formula is C7H10O2. The van der Waals surface area contributed by atoms with Crippen molar-refractivity contribution < 1.29 is 9.84 Å². The highest BCUT2D eigenvalue weighted by atomic mass is 16.5. The van der Waals surface area contributed by atoms with Gasteiger partial charge in [-0.1, -0.05) is 0 Å². The Hall–Kier alpha value is -0.0800. The molecule has 4 rings (SSSR count). The third-order valence-electron chi connectivity index (χ3n) is 3.32. The SMILES string of the molecule is OCC12CC3CC1C2O3. The maximum atomic E-state index is 8.98. The van der Waals surface area contributed by atoms with Crippen molar-refractivity contribution in [2.45, 2.75) is 25.0 Å². The van der Waals surface area contributed by atoms with Crippen molar-refractivity contribution in [1.29, 1.82) is 0 Å². The van der Waals surface area contributed by atoms with Crippen LogP contribution in [0, 0.1) is 11.3 Å². The van der Waals surface area contributed by atoms with Gasteiger partial charge in [-0.3, -0.25) is 0 Å². The number of ether oxygens (including phenoxy) is 1. The molecule has 0 amide bonds. The number of aliphatic hydroxyl groups is 1. The van der Waals surface area contributed by atoms with E-state index in [4.69, 9.17) is 9.84 Å². The molecule has 9 heavy (non-hydrogen) atoms. The second kappa shape index (κ2) is 1.06. The summed E-state index contributed by atoms with van der Waals surface area (Å²) in [6, 6.07) is 0. The summed E-state index contributed by atoms with van der Waals surface area (Å²) in [6.45, 7) is 0.360. The Bertz CT molecular complexity index is 154. The van der Waals surface area contributed by atoms with E-state index in [9.17, 15) is 0 Å². The molecule has 1 N–H and O–H groups in total. The molecule has 2 saturated heterocycles. The molecule has 2 saturated carbocycles. The Morgan fingerprint density at radius 1 is 1.67 bits per heavy atom. The monoisotopic (exact) mass is 126 g/mol. The van der Waals surface area contributed by atoms with Crippen LogP contribution in [0.4, 0.5) is 0 Å². The van der Waals surface area contributed by atoms with Crippen molar-refractivity contribution in [3.63, 3.8) is 0 Å². The smallest absolute Gasteiger partial charge is 0.0697 e. The average molecular weight is 126 g/mol. The van der Waals surface area contributed by atoms with E-state index in [1.54, 1.807) is 0 Å². The third kappa shape index (κ3) is 0.310. The van der Waals surface area contributed by atoms with Crippen LogP contribution in [0.25, 0.3) is 0 Å². The van der Waals surface area contributed by atoms with Crippen LogP contribution in [0.2, 0.25) is 0 Å². The molecule has 4 aliphatic rings. The molecule has 0 aromatic heterocycles. The van der Waals surface area contributed by atoms with Crippen LogP contribution in [-0.2, 0) is 4.74 Å². The van der Waals surface area contributed by atoms with Crippen LogP contribution in [0.3, 0.4) is 0 Å². The molecule has 2 nitrogen and oxygen atoms in total. The first-order chi connectivity index (χ1) is 4.37. The Morgan fingerprint density at radius 2 is 2.56 bits per heavy atom. The highest BCUT2D eigenvalue weighted by molar-refractivity contribution is 5.23. The standard InChI is InChI=1S/C7H10O2/c8-3-7-2-4-1-5(7)6(7)9-4/h4-6,8H,1-3H2. The zero-order valence-electron chi connectivity index (χ0n) is 5.21. The lowest BCUT2D eigenvalue weighted by atomic mass is 10.1. The van der Waals surface area contributed by atoms with Crippen LogP contribution in [0.15, 0.2) is 0 Å². The van der Waals surface area contributed by atoms with Gasteiger partial charge in [0.25, 0.3) is 0 Å². The maximum absolute atomic E-state index is 8.98. The number of hydrogen-bond acceptors (Lipinski definition) is 2. The molecule has 0 aromatic carbocycles. The predicted molar refractivity (Wildman–Crippen MR) is 30.9 cm³/mol. The van der Waals surface area contributed by atoms with Gasteiger partial charge in [-0.2, -0.15) is 0 Å². The Kier molecular flexibility index (Phi) is 0.552. The number of hydrogen-bond donors (Lipinski definition) is 1. The molecule has 4 bridgehead atoms. The van der Waals surface area contributed by atoms with E-state index in [-0.39, 0.29) is 5.41 Å². The van der Waals surface area contributed by atoms with E-state index in [0.717, 1.165) is 12.3 Å². The quantitative estimate of drug-likeness (QED) is 0.542. The minimum atomic E-state index is 0.269. The van der Waals surface area contributed by atoms with Gasteiger partial charge in [0.05, 0.1) is 18.8 Å². The zero-order chi connectivity index (χ0) is 6.06. The topological polar surface area (TPSA) is 29.5 Å². The van der Waals surface area contributed by atoms with Crippen LogP contribution < -0.4 is 0 Å². The largest absolute Gasteiger partial charge is 0.396 e. The molecule has 0 aromatic rings. The van der Waals surface area contributed by atoms with Gasteiger partial charge in [0.15, 0.2) is 0 Å². The third-order valence-corrected chi connectivity index (χ3v) is 3.32. The summed E-state index contributed by atoms with van der Waals surface area (Å²) < 4.78 is 5.54. The van der Waals surface area contributed by atoms with E-state index in [2.05, 4.69) is 0 Å². The molecule has 50 valence electrons. The Balaban J connectivity index is 2.02. The summed E-state index contributed by atoms with van der Waals surface area (Å²) in [5, 5.41) is 8.98. The van der Waals surface area contributed by atoms with Gasteiger partial charge in [-0.15, -0.1) is 0 Å². The fourth-order valence-electron chi connectivity index (χ4n) is 2.77. The van der Waals surface area contributed by atoms with Gasteiger partial charge in [0.2, 0.25) is 0 Å². The summed E-state index contributed by atoms with van der Waals surface area (Å²) in [7, 11) is 0. The van der Waals surface area contributed by atoms with Crippen molar-refractivity contribution in [3.05, 3.63) is 0 Å². The lowest BCUT2D eigenvalue weighted by Crippen LogP contribution is -2.06. The Labute approximate surface area is 53.8 Å². The van der Waals surface area contributed by atoms with Crippen molar-refractivity contribution in [2.75, 3.05) is 6.61 Å². The first-order valence-electron chi connectivity index (χ1n) is 3.63. The predicted octanol–water partition coefficient (Wildman–Crippen LogP) is 0.156. The summed E-state index contributed by atoms with van der Waals surface area (Å²) in [5.74, 6) is 0.743. The summed E-state index contributed by atoms with van der Waals surface area (Å²) in [4.78, 5) is 0. The fraction of sp³-hybridized carbons (Fsp3) is 1.00. The lowest BCUT2D eigenvalue weighted by molar-refractivity contribution is 0.109. The van der Waals surface area contributed by atoms with Gasteiger partial charge in [-0.05, 0) is 18.8 Å². The molecule has 0 radical (unpaired) electrons. The molecule has 2 aliphatic heterocycles. The van der Waals surface area contributed by atoms with Crippen LogP contribution in [0.1, 0.15) is 12.8 Å². The van der Waals surface area contributed by atoms with Gasteiger partial charge in [-0.25, -0.2) is 0 Å². The second-order valence-electron chi connectivity index (χ2n) is 3.62.